The van der Waals surface area contributed by atoms with E-state index in [9.17, 15) is 18.0 Å². The van der Waals surface area contributed by atoms with Gasteiger partial charge in [0.25, 0.3) is 5.56 Å². The van der Waals surface area contributed by atoms with Gasteiger partial charge in [-0.25, -0.2) is 14.5 Å². The van der Waals surface area contributed by atoms with Gasteiger partial charge in [0.05, 0.1) is 18.4 Å². The number of fused-ring (bicyclic) bond motifs is 1. The van der Waals surface area contributed by atoms with E-state index in [1.807, 2.05) is 0 Å². The first-order valence-electron chi connectivity index (χ1n) is 8.58. The fourth-order valence-corrected chi connectivity index (χ4v) is 3.12. The minimum atomic E-state index is -4.42. The highest BCUT2D eigenvalue weighted by Crippen LogP contribution is 2.33. The largest absolute Gasteiger partial charge is 0.481 e. The number of rotatable bonds is 3. The number of benzene rings is 1. The highest BCUT2D eigenvalue weighted by molar-refractivity contribution is 5.81. The number of ether oxygens (including phenoxy) is 1. The maximum Gasteiger partial charge on any atom is 0.416 e. The summed E-state index contributed by atoms with van der Waals surface area (Å²) in [5.41, 5.74) is 1.93. The second-order valence-electron chi connectivity index (χ2n) is 6.41. The first-order valence-corrected chi connectivity index (χ1v) is 8.58. The Balaban J connectivity index is 1.87. The molecule has 4 rings (SSSR count). The number of nitrogens with zero attached hydrogens (tertiary/aromatic N) is 3. The molecule has 1 aromatic carbocycles. The quantitative estimate of drug-likeness (QED) is 0.562. The molecule has 0 aliphatic carbocycles. The Morgan fingerprint density at radius 2 is 1.76 bits per heavy atom. The molecule has 6 nitrogen and oxygen atoms in total. The monoisotopic (exact) mass is 400 g/mol. The molecule has 0 bridgehead atoms. The van der Waals surface area contributed by atoms with Crippen LogP contribution < -0.4 is 10.3 Å². The van der Waals surface area contributed by atoms with Crippen molar-refractivity contribution in [3.63, 3.8) is 0 Å². The van der Waals surface area contributed by atoms with Crippen LogP contribution in [-0.2, 0) is 6.18 Å². The molecule has 4 aromatic rings. The fraction of sp³-hybridized carbons (Fsp3) is 0.150. The summed E-state index contributed by atoms with van der Waals surface area (Å²) in [6.07, 6.45) is -2.88. The Bertz CT molecular complexity index is 1240. The number of H-pyrrole nitrogens is 1. The maximum absolute atomic E-state index is 12.9. The molecule has 3 heterocycles. The SMILES string of the molecule is COc1ccc(-c2cc(=O)n3[nH]c(C)c(-c4ccc(C(F)(F)F)cc4)c3n2)cn1. The zero-order valence-electron chi connectivity index (χ0n) is 15.4. The van der Waals surface area contributed by atoms with Crippen LogP contribution in [0.3, 0.4) is 0 Å². The Labute approximate surface area is 162 Å². The minimum absolute atomic E-state index is 0.320. The van der Waals surface area contributed by atoms with Crippen LogP contribution in [0.25, 0.3) is 28.0 Å². The number of hydrogen-bond acceptors (Lipinski definition) is 4. The van der Waals surface area contributed by atoms with Gasteiger partial charge in [-0.2, -0.15) is 13.2 Å². The van der Waals surface area contributed by atoms with E-state index in [1.165, 1.54) is 36.0 Å². The molecule has 0 saturated carbocycles. The number of nitrogens with one attached hydrogen (secondary N) is 1. The Morgan fingerprint density at radius 1 is 1.07 bits per heavy atom. The van der Waals surface area contributed by atoms with Gasteiger partial charge in [0.15, 0.2) is 5.65 Å². The topological polar surface area (TPSA) is 72.3 Å². The number of pyridine rings is 1. The number of aryl methyl sites for hydroxylation is 1. The first-order chi connectivity index (χ1) is 13.8. The molecule has 0 aliphatic rings. The van der Waals surface area contributed by atoms with Crippen LogP contribution in [0.4, 0.5) is 13.2 Å². The zero-order chi connectivity index (χ0) is 20.8. The van der Waals surface area contributed by atoms with E-state index in [2.05, 4.69) is 15.1 Å². The second kappa shape index (κ2) is 6.77. The molecule has 29 heavy (non-hydrogen) atoms. The Kier molecular flexibility index (Phi) is 4.37. The van der Waals surface area contributed by atoms with Crippen molar-refractivity contribution in [2.75, 3.05) is 7.11 Å². The van der Waals surface area contributed by atoms with Gasteiger partial charge in [0.1, 0.15) is 0 Å². The molecule has 1 N–H and O–H groups in total. The van der Waals surface area contributed by atoms with E-state index in [-0.39, 0.29) is 5.56 Å². The summed E-state index contributed by atoms with van der Waals surface area (Å²) in [6, 6.07) is 9.49. The minimum Gasteiger partial charge on any atom is -0.481 e. The maximum atomic E-state index is 12.9. The van der Waals surface area contributed by atoms with Crippen LogP contribution in [0.2, 0.25) is 0 Å². The number of alkyl halides is 3. The average Bonchev–Trinajstić information content (AvgIpc) is 3.04. The highest BCUT2D eigenvalue weighted by atomic mass is 19.4. The third-order valence-corrected chi connectivity index (χ3v) is 4.54. The van der Waals surface area contributed by atoms with Crippen LogP contribution in [0.15, 0.2) is 53.5 Å². The van der Waals surface area contributed by atoms with E-state index in [0.717, 1.165) is 12.1 Å². The standard InChI is InChI=1S/C20H15F3N4O2/c1-11-18(12-3-6-14(7-4-12)20(21,22)23)19-25-15(9-17(28)27(19)26-11)13-5-8-16(29-2)24-10-13/h3-10,26H,1-2H3. The van der Waals surface area contributed by atoms with Crippen molar-refractivity contribution in [1.82, 2.24) is 19.6 Å². The molecule has 148 valence electrons. The zero-order valence-corrected chi connectivity index (χ0v) is 15.4. The summed E-state index contributed by atoms with van der Waals surface area (Å²) in [6.45, 7) is 1.73. The molecule has 0 amide bonds. The van der Waals surface area contributed by atoms with E-state index in [0.29, 0.717) is 39.6 Å². The lowest BCUT2D eigenvalue weighted by Crippen LogP contribution is -2.14. The average molecular weight is 400 g/mol. The molecular formula is C20H15F3N4O2. The summed E-state index contributed by atoms with van der Waals surface area (Å²) in [4.78, 5) is 21.3. The molecule has 0 radical (unpaired) electrons. The molecule has 0 saturated heterocycles. The van der Waals surface area contributed by atoms with Crippen LogP contribution in [0.1, 0.15) is 11.3 Å². The van der Waals surface area contributed by atoms with Crippen molar-refractivity contribution in [1.29, 1.82) is 0 Å². The van der Waals surface area contributed by atoms with Crippen molar-refractivity contribution in [2.45, 2.75) is 13.1 Å². The van der Waals surface area contributed by atoms with E-state index < -0.39 is 11.7 Å². The number of aromatic amines is 1. The van der Waals surface area contributed by atoms with Crippen LogP contribution in [-0.4, -0.2) is 26.7 Å². The predicted molar refractivity (Wildman–Crippen MR) is 101 cm³/mol. The second-order valence-corrected chi connectivity index (χ2v) is 6.41. The smallest absolute Gasteiger partial charge is 0.416 e. The van der Waals surface area contributed by atoms with Crippen LogP contribution in [0, 0.1) is 6.92 Å². The Morgan fingerprint density at radius 3 is 2.34 bits per heavy atom. The molecule has 0 aliphatic heterocycles. The normalized spacial score (nSPS) is 11.8. The molecule has 9 heteroatoms. The van der Waals surface area contributed by atoms with Gasteiger partial charge in [-0.15, -0.1) is 0 Å². The van der Waals surface area contributed by atoms with Crippen LogP contribution in [0.5, 0.6) is 5.88 Å². The summed E-state index contributed by atoms with van der Waals surface area (Å²) < 4.78 is 44.9. The van der Waals surface area contributed by atoms with Gasteiger partial charge in [-0.3, -0.25) is 9.89 Å². The molecule has 0 unspecified atom stereocenters. The van der Waals surface area contributed by atoms with Gasteiger partial charge < -0.3 is 4.74 Å². The third kappa shape index (κ3) is 3.35. The van der Waals surface area contributed by atoms with Crippen LogP contribution >= 0.6 is 0 Å². The predicted octanol–water partition coefficient (Wildman–Crippen LogP) is 4.09. The number of halogens is 3. The summed E-state index contributed by atoms with van der Waals surface area (Å²) >= 11 is 0. The summed E-state index contributed by atoms with van der Waals surface area (Å²) in [5, 5.41) is 2.92. The van der Waals surface area contributed by atoms with E-state index in [1.54, 1.807) is 19.1 Å². The lowest BCUT2D eigenvalue weighted by Gasteiger charge is -2.08. The van der Waals surface area contributed by atoms with Gasteiger partial charge in [-0.05, 0) is 30.7 Å². The van der Waals surface area contributed by atoms with E-state index >= 15 is 0 Å². The first kappa shape index (κ1) is 18.7. The number of aromatic nitrogens is 4. The van der Waals surface area contributed by atoms with Crippen molar-refractivity contribution >= 4 is 5.65 Å². The van der Waals surface area contributed by atoms with Gasteiger partial charge in [0, 0.05) is 35.2 Å². The lowest BCUT2D eigenvalue weighted by molar-refractivity contribution is -0.137. The van der Waals surface area contributed by atoms with Gasteiger partial charge in [0.2, 0.25) is 5.88 Å². The Hall–Kier alpha value is -3.62. The number of methoxy groups -OCH3 is 1. The van der Waals surface area contributed by atoms with Crippen molar-refractivity contribution in [2.24, 2.45) is 0 Å². The molecule has 0 spiro atoms. The summed E-state index contributed by atoms with van der Waals surface area (Å²) in [7, 11) is 1.50. The van der Waals surface area contributed by atoms with Gasteiger partial charge in [-0.1, -0.05) is 12.1 Å². The molecule has 0 fully saturated rings. The third-order valence-electron chi connectivity index (χ3n) is 4.54. The lowest BCUT2D eigenvalue weighted by atomic mass is 10.0. The van der Waals surface area contributed by atoms with E-state index in [4.69, 9.17) is 4.74 Å². The highest BCUT2D eigenvalue weighted by Gasteiger charge is 2.30. The van der Waals surface area contributed by atoms with Crippen molar-refractivity contribution < 1.29 is 17.9 Å². The molecular weight excluding hydrogens is 385 g/mol. The van der Waals surface area contributed by atoms with Crippen molar-refractivity contribution in [3.05, 3.63) is 70.3 Å². The molecule has 3 aromatic heterocycles. The van der Waals surface area contributed by atoms with Crippen molar-refractivity contribution in [3.8, 4) is 28.3 Å². The molecule has 0 atom stereocenters. The number of hydrogen-bond donors (Lipinski definition) is 1. The summed E-state index contributed by atoms with van der Waals surface area (Å²) in [5.74, 6) is 0.425. The fourth-order valence-electron chi connectivity index (χ4n) is 3.12. The van der Waals surface area contributed by atoms with Gasteiger partial charge >= 0.3 is 6.18 Å².